The molecule has 190 valence electrons. The number of hydrogen-bond acceptors (Lipinski definition) is 6. The van der Waals surface area contributed by atoms with Crippen LogP contribution in [0.2, 0.25) is 0 Å². The van der Waals surface area contributed by atoms with Gasteiger partial charge in [-0.25, -0.2) is 14.8 Å². The third-order valence-corrected chi connectivity index (χ3v) is 6.00. The van der Waals surface area contributed by atoms with Crippen LogP contribution >= 0.6 is 0 Å². The number of nitrogens with zero attached hydrogens (tertiary/aromatic N) is 3. The van der Waals surface area contributed by atoms with E-state index in [9.17, 15) is 14.4 Å². The van der Waals surface area contributed by atoms with Gasteiger partial charge in [-0.05, 0) is 47.7 Å². The average molecular weight is 502 g/mol. The summed E-state index contributed by atoms with van der Waals surface area (Å²) in [5.41, 5.74) is 3.86. The Kier molecular flexibility index (Phi) is 6.59. The van der Waals surface area contributed by atoms with Crippen molar-refractivity contribution in [2.45, 2.75) is 26.8 Å². The van der Waals surface area contributed by atoms with E-state index in [-0.39, 0.29) is 29.8 Å². The van der Waals surface area contributed by atoms with Crippen molar-refractivity contribution < 1.29 is 19.1 Å². The smallest absolute Gasteiger partial charge is 0.410 e. The van der Waals surface area contributed by atoms with Crippen LogP contribution in [0.15, 0.2) is 48.8 Å². The minimum absolute atomic E-state index is 0.232. The molecule has 0 aliphatic carbocycles. The highest BCUT2D eigenvalue weighted by atomic mass is 16.6. The largest absolute Gasteiger partial charge is 0.449 e. The Balaban J connectivity index is 1.27. The number of rotatable bonds is 6. The Morgan fingerprint density at radius 1 is 1.08 bits per heavy atom. The molecule has 37 heavy (non-hydrogen) atoms. The van der Waals surface area contributed by atoms with Gasteiger partial charge in [0.25, 0.3) is 11.8 Å². The molecule has 0 unspecified atom stereocenters. The summed E-state index contributed by atoms with van der Waals surface area (Å²) >= 11 is 0. The Morgan fingerprint density at radius 3 is 2.70 bits per heavy atom. The first-order valence-corrected chi connectivity index (χ1v) is 12.0. The fraction of sp³-hybridized carbons (Fsp3) is 0.269. The van der Waals surface area contributed by atoms with E-state index in [2.05, 4.69) is 30.6 Å². The Bertz CT molecular complexity index is 1460. The number of aromatic nitrogens is 4. The summed E-state index contributed by atoms with van der Waals surface area (Å²) in [6.45, 7) is 5.35. The van der Waals surface area contributed by atoms with Gasteiger partial charge in [-0.15, -0.1) is 0 Å². The molecule has 0 bridgehead atoms. The molecule has 3 heterocycles. The number of fused-ring (bicyclic) bond motifs is 2. The summed E-state index contributed by atoms with van der Waals surface area (Å²) in [4.78, 5) is 54.0. The van der Waals surface area contributed by atoms with Gasteiger partial charge in [0.15, 0.2) is 0 Å². The number of para-hydroxylation sites is 1. The molecule has 4 N–H and O–H groups in total. The molecule has 0 spiro atoms. The van der Waals surface area contributed by atoms with Gasteiger partial charge in [-0.3, -0.25) is 20.2 Å². The van der Waals surface area contributed by atoms with Crippen LogP contribution in [0.3, 0.4) is 0 Å². The van der Waals surface area contributed by atoms with Gasteiger partial charge in [0, 0.05) is 31.0 Å². The van der Waals surface area contributed by atoms with Crippen LogP contribution in [0.25, 0.3) is 11.0 Å². The first kappa shape index (κ1) is 24.0. The first-order valence-electron chi connectivity index (χ1n) is 12.0. The molecule has 4 aromatic rings. The Morgan fingerprint density at radius 2 is 1.92 bits per heavy atom. The normalized spacial score (nSPS) is 12.9. The van der Waals surface area contributed by atoms with Crippen LogP contribution in [0.5, 0.6) is 0 Å². The number of carbonyl (C=O) groups excluding carboxylic acids is 3. The van der Waals surface area contributed by atoms with E-state index in [1.807, 2.05) is 26.0 Å². The number of ether oxygens (including phenoxy) is 1. The SMILES string of the molecule is CC(C)COC(=O)N1CCc2cc(C(=O)Nc3nc4c(C(=O)Nc5ncc[nH]5)cccc4[nH]3)ccc2C1. The average Bonchev–Trinajstić information content (AvgIpc) is 3.55. The van der Waals surface area contributed by atoms with Crippen molar-refractivity contribution in [3.8, 4) is 0 Å². The summed E-state index contributed by atoms with van der Waals surface area (Å²) < 4.78 is 5.34. The summed E-state index contributed by atoms with van der Waals surface area (Å²) in [5, 5.41) is 5.46. The van der Waals surface area contributed by atoms with Gasteiger partial charge in [0.1, 0.15) is 5.52 Å². The molecule has 1 aliphatic rings. The Hall–Kier alpha value is -4.67. The van der Waals surface area contributed by atoms with Crippen molar-refractivity contribution in [3.05, 3.63) is 71.0 Å². The molecule has 1 aliphatic heterocycles. The minimum Gasteiger partial charge on any atom is -0.449 e. The maximum Gasteiger partial charge on any atom is 0.410 e. The molecule has 11 heteroatoms. The second-order valence-corrected chi connectivity index (χ2v) is 9.26. The molecule has 0 fully saturated rings. The van der Waals surface area contributed by atoms with Gasteiger partial charge in [-0.1, -0.05) is 26.0 Å². The number of H-pyrrole nitrogens is 2. The zero-order valence-corrected chi connectivity index (χ0v) is 20.5. The van der Waals surface area contributed by atoms with Gasteiger partial charge < -0.3 is 19.6 Å². The molecule has 3 amide bonds. The van der Waals surface area contributed by atoms with E-state index < -0.39 is 0 Å². The predicted octanol–water partition coefficient (Wildman–Crippen LogP) is 3.94. The number of carbonyl (C=O) groups is 3. The Labute approximate surface area is 212 Å². The monoisotopic (exact) mass is 501 g/mol. The van der Waals surface area contributed by atoms with Crippen LogP contribution in [0, 0.1) is 5.92 Å². The lowest BCUT2D eigenvalue weighted by Crippen LogP contribution is -2.37. The van der Waals surface area contributed by atoms with Crippen molar-refractivity contribution in [1.29, 1.82) is 0 Å². The molecular weight excluding hydrogens is 474 g/mol. The second kappa shape index (κ2) is 10.1. The number of benzene rings is 2. The minimum atomic E-state index is -0.373. The van der Waals surface area contributed by atoms with Crippen molar-refractivity contribution in [1.82, 2.24) is 24.8 Å². The summed E-state index contributed by atoms with van der Waals surface area (Å²) in [6.07, 6.45) is 3.46. The highest BCUT2D eigenvalue weighted by molar-refractivity contribution is 6.11. The van der Waals surface area contributed by atoms with Gasteiger partial charge in [-0.2, -0.15) is 0 Å². The van der Waals surface area contributed by atoms with E-state index in [1.165, 1.54) is 6.20 Å². The maximum absolute atomic E-state index is 13.0. The number of amides is 3. The lowest BCUT2D eigenvalue weighted by atomic mass is 9.97. The van der Waals surface area contributed by atoms with E-state index in [1.54, 1.807) is 35.4 Å². The van der Waals surface area contributed by atoms with Crippen LogP contribution in [0.1, 0.15) is 45.7 Å². The third-order valence-electron chi connectivity index (χ3n) is 6.00. The van der Waals surface area contributed by atoms with Crippen molar-refractivity contribution >= 4 is 40.8 Å². The van der Waals surface area contributed by atoms with Gasteiger partial charge in [0.2, 0.25) is 11.9 Å². The summed E-state index contributed by atoms with van der Waals surface area (Å²) in [7, 11) is 0. The van der Waals surface area contributed by atoms with Crippen LogP contribution < -0.4 is 10.6 Å². The van der Waals surface area contributed by atoms with Crippen molar-refractivity contribution in [2.75, 3.05) is 23.8 Å². The van der Waals surface area contributed by atoms with E-state index in [4.69, 9.17) is 4.74 Å². The fourth-order valence-electron chi connectivity index (χ4n) is 4.14. The summed E-state index contributed by atoms with van der Waals surface area (Å²) in [6, 6.07) is 10.6. The third kappa shape index (κ3) is 5.30. The molecule has 2 aromatic heterocycles. The standard InChI is InChI=1S/C26H27N7O4/c1-15(2)14-37-26(36)33-11-8-16-12-17(6-7-18(16)13-33)22(34)31-25-29-20-5-3-4-19(21(20)30-25)23(35)32-24-27-9-10-28-24/h3-7,9-10,12,15H,8,11,13-14H2,1-2H3,(H2,27,28,32,35)(H2,29,30,31,34). The first-order chi connectivity index (χ1) is 17.9. The zero-order chi connectivity index (χ0) is 25.9. The van der Waals surface area contributed by atoms with Crippen LogP contribution in [0.4, 0.5) is 16.7 Å². The number of aromatic amines is 2. The topological polar surface area (TPSA) is 145 Å². The molecule has 0 radical (unpaired) electrons. The highest BCUT2D eigenvalue weighted by Gasteiger charge is 2.23. The molecule has 0 saturated carbocycles. The highest BCUT2D eigenvalue weighted by Crippen LogP contribution is 2.23. The number of imidazole rings is 2. The summed E-state index contributed by atoms with van der Waals surface area (Å²) in [5.74, 6) is 0.132. The molecule has 5 rings (SSSR count). The van der Waals surface area contributed by atoms with Gasteiger partial charge in [0.05, 0.1) is 17.7 Å². The zero-order valence-electron chi connectivity index (χ0n) is 20.5. The number of hydrogen-bond donors (Lipinski definition) is 4. The molecule has 0 atom stereocenters. The molecule has 2 aromatic carbocycles. The van der Waals surface area contributed by atoms with Crippen molar-refractivity contribution in [3.63, 3.8) is 0 Å². The number of anilines is 2. The van der Waals surface area contributed by atoms with Crippen LogP contribution in [-0.2, 0) is 17.7 Å². The van der Waals surface area contributed by atoms with Crippen molar-refractivity contribution in [2.24, 2.45) is 5.92 Å². The molecular formula is C26H27N7O4. The lowest BCUT2D eigenvalue weighted by molar-refractivity contribution is 0.0878. The second-order valence-electron chi connectivity index (χ2n) is 9.26. The molecule has 0 saturated heterocycles. The quantitative estimate of drug-likeness (QED) is 0.315. The maximum atomic E-state index is 13.0. The van der Waals surface area contributed by atoms with Crippen LogP contribution in [-0.4, -0.2) is 55.9 Å². The van der Waals surface area contributed by atoms with E-state index >= 15 is 0 Å². The molecule has 11 nitrogen and oxygen atoms in total. The lowest BCUT2D eigenvalue weighted by Gasteiger charge is -2.28. The van der Waals surface area contributed by atoms with E-state index in [0.717, 1.165) is 11.1 Å². The fourth-order valence-corrected chi connectivity index (χ4v) is 4.14. The predicted molar refractivity (Wildman–Crippen MR) is 137 cm³/mol. The van der Waals surface area contributed by atoms with Gasteiger partial charge >= 0.3 is 6.09 Å². The van der Waals surface area contributed by atoms with E-state index in [0.29, 0.717) is 54.2 Å². The number of nitrogens with one attached hydrogen (secondary N) is 4.